The molecule has 110 valence electrons. The molecule has 1 saturated carbocycles. The van der Waals surface area contributed by atoms with E-state index in [2.05, 4.69) is 43.1 Å². The average Bonchev–Trinajstić information content (AvgIpc) is 2.48. The first-order valence-corrected chi connectivity index (χ1v) is 8.23. The molecule has 3 rings (SSSR count). The highest BCUT2D eigenvalue weighted by molar-refractivity contribution is 5.35. The average molecular weight is 272 g/mol. The quantitative estimate of drug-likeness (QED) is 0.886. The monoisotopic (exact) mass is 272 g/mol. The molecule has 2 aliphatic carbocycles. The van der Waals surface area contributed by atoms with Gasteiger partial charge in [-0.05, 0) is 62.6 Å². The van der Waals surface area contributed by atoms with E-state index in [0.29, 0.717) is 12.1 Å². The van der Waals surface area contributed by atoms with Crippen LogP contribution in [0.15, 0.2) is 24.3 Å². The van der Waals surface area contributed by atoms with Gasteiger partial charge in [0.2, 0.25) is 0 Å². The Balaban J connectivity index is 1.79. The summed E-state index contributed by atoms with van der Waals surface area (Å²) in [4.78, 5) is 2.65. The molecule has 20 heavy (non-hydrogen) atoms. The van der Waals surface area contributed by atoms with Crippen molar-refractivity contribution in [2.75, 3.05) is 7.05 Å². The highest BCUT2D eigenvalue weighted by Gasteiger charge is 2.31. The van der Waals surface area contributed by atoms with E-state index in [0.717, 1.165) is 12.0 Å². The van der Waals surface area contributed by atoms with E-state index in [1.165, 1.54) is 38.5 Å². The minimum Gasteiger partial charge on any atom is -0.328 e. The molecular weight excluding hydrogens is 244 g/mol. The van der Waals surface area contributed by atoms with Crippen molar-refractivity contribution in [2.45, 2.75) is 69.5 Å². The van der Waals surface area contributed by atoms with Gasteiger partial charge >= 0.3 is 0 Å². The second-order valence-corrected chi connectivity index (χ2v) is 6.86. The predicted molar refractivity (Wildman–Crippen MR) is 84.8 cm³/mol. The van der Waals surface area contributed by atoms with E-state index in [9.17, 15) is 0 Å². The van der Waals surface area contributed by atoms with Crippen molar-refractivity contribution in [3.8, 4) is 0 Å². The van der Waals surface area contributed by atoms with Crippen molar-refractivity contribution in [3.63, 3.8) is 0 Å². The third-order valence-corrected chi connectivity index (χ3v) is 5.57. The minimum atomic E-state index is 0.443. The molecule has 0 aromatic heterocycles. The Kier molecular flexibility index (Phi) is 4.13. The smallest absolute Gasteiger partial charge is 0.0351 e. The zero-order valence-corrected chi connectivity index (χ0v) is 12.9. The molecule has 2 nitrogen and oxygen atoms in total. The summed E-state index contributed by atoms with van der Waals surface area (Å²) in [5.41, 5.74) is 9.20. The fourth-order valence-electron chi connectivity index (χ4n) is 4.17. The third kappa shape index (κ3) is 2.64. The number of fused-ring (bicyclic) bond motifs is 1. The Morgan fingerprint density at radius 1 is 0.950 bits per heavy atom. The Labute approximate surface area is 123 Å². The van der Waals surface area contributed by atoms with Crippen molar-refractivity contribution in [1.29, 1.82) is 0 Å². The first kappa shape index (κ1) is 14.1. The highest BCUT2D eigenvalue weighted by Crippen LogP contribution is 2.41. The summed E-state index contributed by atoms with van der Waals surface area (Å²) in [7, 11) is 2.33. The number of benzene rings is 1. The van der Waals surface area contributed by atoms with Gasteiger partial charge < -0.3 is 5.73 Å². The molecule has 2 aliphatic rings. The van der Waals surface area contributed by atoms with Gasteiger partial charge in [-0.1, -0.05) is 31.2 Å². The summed E-state index contributed by atoms with van der Waals surface area (Å²) >= 11 is 0. The minimum absolute atomic E-state index is 0.443. The van der Waals surface area contributed by atoms with Gasteiger partial charge in [0, 0.05) is 18.1 Å². The van der Waals surface area contributed by atoms with Crippen molar-refractivity contribution >= 4 is 0 Å². The molecule has 1 aromatic carbocycles. The SMILES string of the molecule is CC1CCC(N(C)C2CCC(N)CC2)c2ccccc21. The van der Waals surface area contributed by atoms with Crippen LogP contribution in [0.5, 0.6) is 0 Å². The Bertz CT molecular complexity index is 448. The van der Waals surface area contributed by atoms with Gasteiger partial charge in [-0.2, -0.15) is 0 Å². The van der Waals surface area contributed by atoms with Gasteiger partial charge in [0.1, 0.15) is 0 Å². The second-order valence-electron chi connectivity index (χ2n) is 6.86. The van der Waals surface area contributed by atoms with Crippen LogP contribution in [0.25, 0.3) is 0 Å². The number of hydrogen-bond acceptors (Lipinski definition) is 2. The van der Waals surface area contributed by atoms with E-state index in [4.69, 9.17) is 5.73 Å². The molecule has 0 radical (unpaired) electrons. The molecule has 0 bridgehead atoms. The molecule has 2 N–H and O–H groups in total. The summed E-state index contributed by atoms with van der Waals surface area (Å²) in [5, 5.41) is 0. The van der Waals surface area contributed by atoms with Crippen LogP contribution >= 0.6 is 0 Å². The summed E-state index contributed by atoms with van der Waals surface area (Å²) in [6.07, 6.45) is 7.55. The predicted octanol–water partition coefficient (Wildman–Crippen LogP) is 3.83. The Morgan fingerprint density at radius 2 is 1.60 bits per heavy atom. The van der Waals surface area contributed by atoms with Crippen LogP contribution in [0.3, 0.4) is 0 Å². The molecule has 0 heterocycles. The van der Waals surface area contributed by atoms with E-state index in [1.807, 2.05) is 0 Å². The first-order chi connectivity index (χ1) is 9.66. The maximum absolute atomic E-state index is 6.05. The van der Waals surface area contributed by atoms with E-state index < -0.39 is 0 Å². The van der Waals surface area contributed by atoms with Crippen LogP contribution in [0.1, 0.15) is 68.5 Å². The van der Waals surface area contributed by atoms with Crippen LogP contribution < -0.4 is 5.73 Å². The summed E-state index contributed by atoms with van der Waals surface area (Å²) in [6.45, 7) is 2.37. The number of nitrogens with zero attached hydrogens (tertiary/aromatic N) is 1. The standard InChI is InChI=1S/C18H28N2/c1-13-7-12-18(17-6-4-3-5-16(13)17)20(2)15-10-8-14(19)9-11-15/h3-6,13-15,18H,7-12,19H2,1-2H3. The Hall–Kier alpha value is -0.860. The fraction of sp³-hybridized carbons (Fsp3) is 0.667. The van der Waals surface area contributed by atoms with Crippen LogP contribution in [0.4, 0.5) is 0 Å². The molecule has 2 heteroatoms. The lowest BCUT2D eigenvalue weighted by molar-refractivity contribution is 0.118. The summed E-state index contributed by atoms with van der Waals surface area (Å²) < 4.78 is 0. The molecule has 0 saturated heterocycles. The van der Waals surface area contributed by atoms with Gasteiger partial charge in [-0.25, -0.2) is 0 Å². The van der Waals surface area contributed by atoms with Crippen LogP contribution in [0.2, 0.25) is 0 Å². The van der Waals surface area contributed by atoms with Gasteiger partial charge in [-0.15, -0.1) is 0 Å². The highest BCUT2D eigenvalue weighted by atomic mass is 15.2. The van der Waals surface area contributed by atoms with Crippen molar-refractivity contribution in [2.24, 2.45) is 5.73 Å². The van der Waals surface area contributed by atoms with E-state index in [1.54, 1.807) is 11.1 Å². The zero-order valence-electron chi connectivity index (χ0n) is 12.9. The number of hydrogen-bond donors (Lipinski definition) is 1. The molecule has 0 amide bonds. The molecule has 0 aliphatic heterocycles. The van der Waals surface area contributed by atoms with Crippen molar-refractivity contribution in [1.82, 2.24) is 4.90 Å². The largest absolute Gasteiger partial charge is 0.328 e. The summed E-state index contributed by atoms with van der Waals surface area (Å²) in [5.74, 6) is 0.718. The summed E-state index contributed by atoms with van der Waals surface area (Å²) in [6, 6.07) is 10.9. The lowest BCUT2D eigenvalue weighted by Gasteiger charge is -2.42. The molecular formula is C18H28N2. The lowest BCUT2D eigenvalue weighted by atomic mass is 9.79. The van der Waals surface area contributed by atoms with Crippen molar-refractivity contribution in [3.05, 3.63) is 35.4 Å². The fourth-order valence-corrected chi connectivity index (χ4v) is 4.17. The lowest BCUT2D eigenvalue weighted by Crippen LogP contribution is -2.41. The van der Waals surface area contributed by atoms with E-state index >= 15 is 0 Å². The van der Waals surface area contributed by atoms with Crippen LogP contribution in [-0.4, -0.2) is 24.0 Å². The van der Waals surface area contributed by atoms with Gasteiger partial charge in [-0.3, -0.25) is 4.90 Å². The van der Waals surface area contributed by atoms with Gasteiger partial charge in [0.15, 0.2) is 0 Å². The maximum atomic E-state index is 6.05. The van der Waals surface area contributed by atoms with E-state index in [-0.39, 0.29) is 0 Å². The molecule has 2 unspecified atom stereocenters. The zero-order chi connectivity index (χ0) is 14.1. The molecule has 2 atom stereocenters. The normalized spacial score (nSPS) is 34.0. The second kappa shape index (κ2) is 5.87. The number of nitrogens with two attached hydrogens (primary N) is 1. The topological polar surface area (TPSA) is 29.3 Å². The maximum Gasteiger partial charge on any atom is 0.0351 e. The molecule has 1 fully saturated rings. The van der Waals surface area contributed by atoms with Gasteiger partial charge in [0.25, 0.3) is 0 Å². The third-order valence-electron chi connectivity index (χ3n) is 5.57. The first-order valence-electron chi connectivity index (χ1n) is 8.23. The number of rotatable bonds is 2. The Morgan fingerprint density at radius 3 is 2.30 bits per heavy atom. The van der Waals surface area contributed by atoms with Crippen molar-refractivity contribution < 1.29 is 0 Å². The van der Waals surface area contributed by atoms with Gasteiger partial charge in [0.05, 0.1) is 0 Å². The van der Waals surface area contributed by atoms with Crippen LogP contribution in [0, 0.1) is 0 Å². The molecule has 1 aromatic rings. The molecule has 0 spiro atoms. The van der Waals surface area contributed by atoms with Crippen LogP contribution in [-0.2, 0) is 0 Å².